The minimum Gasteiger partial charge on any atom is -0.208 e. The fourth-order valence-corrected chi connectivity index (χ4v) is 9.53. The summed E-state index contributed by atoms with van der Waals surface area (Å²) in [5.74, 6) is 1.94. The van der Waals surface area contributed by atoms with Crippen molar-refractivity contribution in [1.29, 1.82) is 0 Å². The molecule has 0 bridgehead atoms. The van der Waals surface area contributed by atoms with Crippen LogP contribution < -0.4 is 0 Å². The molecule has 59 heavy (non-hydrogen) atoms. The maximum atomic E-state index is 4.98. The van der Waals surface area contributed by atoms with Crippen LogP contribution in [0.25, 0.3) is 101 Å². The lowest BCUT2D eigenvalue weighted by molar-refractivity contribution is 1.07. The second-order valence-electron chi connectivity index (χ2n) is 14.7. The van der Waals surface area contributed by atoms with Crippen molar-refractivity contribution in [2.75, 3.05) is 0 Å². The van der Waals surface area contributed by atoms with E-state index in [9.17, 15) is 0 Å². The standard InChI is InChI=1S/C55H35N3S/c1-3-16-38(17-4-1)53-56-54(39-18-5-2-6-19-39)58-55(57-53)40-29-27-36(28-30-40)41-32-33-47-45-23-10-9-21-43(45)44-22-11-12-24-46(44)48-25-13-14-26-51(48)59-52-42-20-8-7-15-37(42)31-34-49(52)50(47)35-41/h1-35H. The van der Waals surface area contributed by atoms with Crippen LogP contribution in [0.4, 0.5) is 0 Å². The van der Waals surface area contributed by atoms with Crippen molar-refractivity contribution in [3.8, 4) is 89.8 Å². The Balaban J connectivity index is 1.09. The van der Waals surface area contributed by atoms with Crippen LogP contribution in [0.15, 0.2) is 222 Å². The van der Waals surface area contributed by atoms with Crippen molar-refractivity contribution >= 4 is 22.5 Å². The SMILES string of the molecule is c1ccc(-c2nc(-c3ccccc3)nc(-c3ccc(-c4ccc5c(c4)-c4ccc6ccccc6c4Sc4ccccc4-c4ccccc4-c4ccccc4-5)cc3)n2)cc1. The van der Waals surface area contributed by atoms with Crippen molar-refractivity contribution in [2.24, 2.45) is 0 Å². The van der Waals surface area contributed by atoms with E-state index in [2.05, 4.69) is 152 Å². The van der Waals surface area contributed by atoms with Crippen LogP contribution in [-0.2, 0) is 0 Å². The number of benzene rings is 9. The third kappa shape index (κ3) is 6.41. The van der Waals surface area contributed by atoms with Crippen LogP contribution in [-0.4, -0.2) is 15.0 Å². The zero-order valence-corrected chi connectivity index (χ0v) is 32.8. The van der Waals surface area contributed by atoms with Gasteiger partial charge in [0.05, 0.1) is 0 Å². The Bertz CT molecular complexity index is 3120. The minimum atomic E-state index is 0.640. The summed E-state index contributed by atoms with van der Waals surface area (Å²) in [6.45, 7) is 0. The van der Waals surface area contributed by atoms with Gasteiger partial charge in [0, 0.05) is 26.5 Å². The molecule has 1 aliphatic rings. The molecule has 0 aliphatic carbocycles. The molecule has 0 unspecified atom stereocenters. The van der Waals surface area contributed by atoms with Gasteiger partial charge < -0.3 is 0 Å². The van der Waals surface area contributed by atoms with Gasteiger partial charge in [-0.3, -0.25) is 0 Å². The minimum absolute atomic E-state index is 0.640. The van der Waals surface area contributed by atoms with Gasteiger partial charge in [0.25, 0.3) is 0 Å². The van der Waals surface area contributed by atoms with E-state index < -0.39 is 0 Å². The van der Waals surface area contributed by atoms with Crippen LogP contribution in [0, 0.1) is 0 Å². The Morgan fingerprint density at radius 2 is 0.695 bits per heavy atom. The molecule has 0 fully saturated rings. The van der Waals surface area contributed by atoms with E-state index in [1.54, 1.807) is 0 Å². The first kappa shape index (κ1) is 34.8. The fraction of sp³-hybridized carbons (Fsp3) is 0. The normalized spacial score (nSPS) is 11.7. The molecule has 1 aliphatic heterocycles. The van der Waals surface area contributed by atoms with Gasteiger partial charge in [-0.1, -0.05) is 212 Å². The Kier molecular flexibility index (Phi) is 8.76. The van der Waals surface area contributed by atoms with E-state index in [0.717, 1.165) is 27.8 Å². The Morgan fingerprint density at radius 1 is 0.271 bits per heavy atom. The summed E-state index contributed by atoms with van der Waals surface area (Å²) in [7, 11) is 0. The highest BCUT2D eigenvalue weighted by Crippen LogP contribution is 2.50. The molecule has 0 atom stereocenters. The molecule has 10 aromatic rings. The third-order valence-corrected chi connectivity index (χ3v) is 12.4. The predicted molar refractivity (Wildman–Crippen MR) is 245 cm³/mol. The van der Waals surface area contributed by atoms with E-state index in [4.69, 9.17) is 15.0 Å². The summed E-state index contributed by atoms with van der Waals surface area (Å²) in [5, 5.41) is 2.47. The summed E-state index contributed by atoms with van der Waals surface area (Å²) in [6, 6.07) is 75.7. The molecule has 276 valence electrons. The van der Waals surface area contributed by atoms with E-state index in [1.165, 1.54) is 65.1 Å². The molecule has 0 saturated heterocycles. The van der Waals surface area contributed by atoms with Crippen molar-refractivity contribution in [1.82, 2.24) is 15.0 Å². The lowest BCUT2D eigenvalue weighted by atomic mass is 9.85. The highest BCUT2D eigenvalue weighted by molar-refractivity contribution is 7.99. The van der Waals surface area contributed by atoms with Crippen molar-refractivity contribution in [2.45, 2.75) is 9.79 Å². The monoisotopic (exact) mass is 769 g/mol. The highest BCUT2D eigenvalue weighted by Gasteiger charge is 2.23. The average Bonchev–Trinajstić information content (AvgIpc) is 3.33. The van der Waals surface area contributed by atoms with Crippen LogP contribution in [0.3, 0.4) is 0 Å². The molecule has 0 radical (unpaired) electrons. The maximum Gasteiger partial charge on any atom is 0.164 e. The molecule has 0 amide bonds. The number of hydrogen-bond acceptors (Lipinski definition) is 4. The Morgan fingerprint density at radius 3 is 1.31 bits per heavy atom. The number of fused-ring (bicyclic) bond motifs is 11. The molecule has 11 rings (SSSR count). The third-order valence-electron chi connectivity index (χ3n) is 11.2. The highest BCUT2D eigenvalue weighted by atomic mass is 32.2. The molecule has 0 saturated carbocycles. The second kappa shape index (κ2) is 14.8. The first-order valence-electron chi connectivity index (χ1n) is 19.9. The largest absolute Gasteiger partial charge is 0.208 e. The summed E-state index contributed by atoms with van der Waals surface area (Å²) in [4.78, 5) is 17.3. The van der Waals surface area contributed by atoms with Crippen molar-refractivity contribution in [3.05, 3.63) is 212 Å². The van der Waals surface area contributed by atoms with Crippen molar-refractivity contribution < 1.29 is 0 Å². The van der Waals surface area contributed by atoms with E-state index in [0.29, 0.717) is 17.5 Å². The van der Waals surface area contributed by atoms with Gasteiger partial charge >= 0.3 is 0 Å². The zero-order chi connectivity index (χ0) is 39.1. The molecule has 0 N–H and O–H groups in total. The van der Waals surface area contributed by atoms with Gasteiger partial charge in [0.2, 0.25) is 0 Å². The summed E-state index contributed by atoms with van der Waals surface area (Å²) < 4.78 is 0. The summed E-state index contributed by atoms with van der Waals surface area (Å²) in [6.07, 6.45) is 0. The molecule has 2 heterocycles. The predicted octanol–water partition coefficient (Wildman–Crippen LogP) is 14.8. The van der Waals surface area contributed by atoms with Gasteiger partial charge in [-0.2, -0.15) is 0 Å². The topological polar surface area (TPSA) is 38.7 Å². The first-order chi connectivity index (χ1) is 29.2. The van der Waals surface area contributed by atoms with E-state index in [1.807, 2.05) is 72.4 Å². The van der Waals surface area contributed by atoms with Gasteiger partial charge in [-0.15, -0.1) is 0 Å². The van der Waals surface area contributed by atoms with Crippen LogP contribution >= 0.6 is 11.8 Å². The van der Waals surface area contributed by atoms with Crippen LogP contribution in [0.1, 0.15) is 0 Å². The van der Waals surface area contributed by atoms with E-state index >= 15 is 0 Å². The van der Waals surface area contributed by atoms with Crippen molar-refractivity contribution in [3.63, 3.8) is 0 Å². The molecular formula is C55H35N3S. The smallest absolute Gasteiger partial charge is 0.164 e. The molecular weight excluding hydrogens is 735 g/mol. The van der Waals surface area contributed by atoms with Crippen LogP contribution in [0.2, 0.25) is 0 Å². The van der Waals surface area contributed by atoms with Gasteiger partial charge in [-0.25, -0.2) is 15.0 Å². The zero-order valence-electron chi connectivity index (χ0n) is 32.0. The molecule has 3 nitrogen and oxygen atoms in total. The molecule has 1 aromatic heterocycles. The second-order valence-corrected chi connectivity index (χ2v) is 15.8. The number of nitrogens with zero attached hydrogens (tertiary/aromatic N) is 3. The Labute approximate surface area is 347 Å². The number of rotatable bonds is 4. The van der Waals surface area contributed by atoms with E-state index in [-0.39, 0.29) is 0 Å². The summed E-state index contributed by atoms with van der Waals surface area (Å²) >= 11 is 1.87. The number of aromatic nitrogens is 3. The van der Waals surface area contributed by atoms with Gasteiger partial charge in [0.15, 0.2) is 17.5 Å². The lowest BCUT2D eigenvalue weighted by Crippen LogP contribution is -2.00. The first-order valence-corrected chi connectivity index (χ1v) is 20.7. The van der Waals surface area contributed by atoms with Gasteiger partial charge in [-0.05, 0) is 78.5 Å². The van der Waals surface area contributed by atoms with Gasteiger partial charge in [0.1, 0.15) is 0 Å². The quantitative estimate of drug-likeness (QED) is 0.179. The maximum absolute atomic E-state index is 4.98. The number of hydrogen-bond donors (Lipinski definition) is 0. The summed E-state index contributed by atoms with van der Waals surface area (Å²) in [5.41, 5.74) is 14.8. The molecule has 9 aromatic carbocycles. The fourth-order valence-electron chi connectivity index (χ4n) is 8.29. The van der Waals surface area contributed by atoms with Crippen LogP contribution in [0.5, 0.6) is 0 Å². The molecule has 0 spiro atoms. The lowest BCUT2D eigenvalue weighted by Gasteiger charge is -2.19. The average molecular weight is 770 g/mol. The molecule has 4 heteroatoms. The Hall–Kier alpha value is -7.40.